The quantitative estimate of drug-likeness (QED) is 0.549. The van der Waals surface area contributed by atoms with Gasteiger partial charge in [0.25, 0.3) is 0 Å². The molecule has 1 aliphatic heterocycles. The van der Waals surface area contributed by atoms with Crippen molar-refractivity contribution >= 4 is 23.2 Å². The highest BCUT2D eigenvalue weighted by Crippen LogP contribution is 2.26. The van der Waals surface area contributed by atoms with Crippen LogP contribution in [0.25, 0.3) is 0 Å². The first kappa shape index (κ1) is 23.5. The van der Waals surface area contributed by atoms with Gasteiger partial charge in [0.2, 0.25) is 5.91 Å². The zero-order valence-electron chi connectivity index (χ0n) is 18.2. The molecule has 1 heterocycles. The maximum atomic E-state index is 11.4. The molecule has 0 saturated carbocycles. The molecule has 6 nitrogen and oxygen atoms in total. The number of carbonyl (C=O) groups excluding carboxylic acids is 1. The first-order valence-corrected chi connectivity index (χ1v) is 11.1. The van der Waals surface area contributed by atoms with Crippen molar-refractivity contribution in [3.05, 3.63) is 59.1 Å². The van der Waals surface area contributed by atoms with Gasteiger partial charge in [-0.2, -0.15) is 0 Å². The predicted octanol–water partition coefficient (Wildman–Crippen LogP) is 3.68. The zero-order chi connectivity index (χ0) is 22.3. The van der Waals surface area contributed by atoms with Crippen molar-refractivity contribution in [3.8, 4) is 5.75 Å². The maximum Gasteiger partial charge on any atom is 0.221 e. The second-order valence-electron chi connectivity index (χ2n) is 8.48. The average Bonchev–Trinajstić information content (AvgIpc) is 2.74. The van der Waals surface area contributed by atoms with Crippen LogP contribution in [0, 0.1) is 0 Å². The summed E-state index contributed by atoms with van der Waals surface area (Å²) in [4.78, 5) is 13.8. The fourth-order valence-electron chi connectivity index (χ4n) is 3.91. The van der Waals surface area contributed by atoms with Crippen LogP contribution in [0.1, 0.15) is 32.3 Å². The van der Waals surface area contributed by atoms with Crippen molar-refractivity contribution in [1.82, 2.24) is 10.2 Å². The van der Waals surface area contributed by atoms with Crippen molar-refractivity contribution in [3.63, 3.8) is 0 Å². The van der Waals surface area contributed by atoms with E-state index in [1.165, 1.54) is 6.92 Å². The Labute approximate surface area is 189 Å². The van der Waals surface area contributed by atoms with E-state index in [9.17, 15) is 9.90 Å². The number of hydrogen-bond acceptors (Lipinski definition) is 5. The van der Waals surface area contributed by atoms with Crippen LogP contribution in [0.5, 0.6) is 5.75 Å². The highest BCUT2D eigenvalue weighted by molar-refractivity contribution is 6.30. The smallest absolute Gasteiger partial charge is 0.221 e. The molecule has 1 saturated heterocycles. The largest absolute Gasteiger partial charge is 0.488 e. The normalized spacial score (nSPS) is 16.7. The third-order valence-corrected chi connectivity index (χ3v) is 5.66. The molecule has 2 aromatic rings. The third-order valence-electron chi connectivity index (χ3n) is 5.40. The van der Waals surface area contributed by atoms with E-state index < -0.39 is 5.60 Å². The van der Waals surface area contributed by atoms with Gasteiger partial charge in [0.1, 0.15) is 18.0 Å². The Balaban J connectivity index is 1.68. The van der Waals surface area contributed by atoms with E-state index in [1.807, 2.05) is 36.4 Å². The minimum Gasteiger partial charge on any atom is -0.488 e. The first-order chi connectivity index (χ1) is 14.8. The molecule has 3 rings (SSSR count). The van der Waals surface area contributed by atoms with Gasteiger partial charge in [0.15, 0.2) is 0 Å². The maximum absolute atomic E-state index is 11.4. The van der Waals surface area contributed by atoms with Crippen LogP contribution in [0.4, 0.5) is 5.69 Å². The summed E-state index contributed by atoms with van der Waals surface area (Å²) in [5, 5.41) is 18.1. The lowest BCUT2D eigenvalue weighted by molar-refractivity contribution is -0.114. The number of aliphatic hydroxyl groups is 1. The number of benzene rings is 2. The van der Waals surface area contributed by atoms with Crippen molar-refractivity contribution in [1.29, 1.82) is 0 Å². The standard InChI is InChI=1S/C24H32ClN3O3/c1-18(29)27-22-5-3-4-6-23(22)31-17-24(2,30)16-28(21-11-13-26-14-12-21)15-19-7-9-20(25)10-8-19/h3-10,21,26,30H,11-17H2,1-2H3,(H,27,29)/t24-/m1/s1. The molecule has 168 valence electrons. The molecule has 7 heteroatoms. The van der Waals surface area contributed by atoms with Gasteiger partial charge in [-0.15, -0.1) is 0 Å². The van der Waals surface area contributed by atoms with Gasteiger partial charge in [-0.05, 0) is 62.7 Å². The molecule has 1 aliphatic rings. The van der Waals surface area contributed by atoms with Crippen LogP contribution in [0.2, 0.25) is 5.02 Å². The zero-order valence-corrected chi connectivity index (χ0v) is 19.0. The Bertz CT molecular complexity index is 851. The number of amides is 1. The van der Waals surface area contributed by atoms with Crippen LogP contribution in [0.3, 0.4) is 0 Å². The molecule has 0 bridgehead atoms. The number of halogens is 1. The van der Waals surface area contributed by atoms with Crippen molar-refractivity contribution in [2.24, 2.45) is 0 Å². The Hall–Kier alpha value is -2.12. The summed E-state index contributed by atoms with van der Waals surface area (Å²) in [6.07, 6.45) is 2.08. The molecule has 1 atom stereocenters. The minimum absolute atomic E-state index is 0.117. The van der Waals surface area contributed by atoms with Gasteiger partial charge in [0.05, 0.1) is 5.69 Å². The Morgan fingerprint density at radius 2 is 1.90 bits per heavy atom. The van der Waals surface area contributed by atoms with Gasteiger partial charge in [0, 0.05) is 31.1 Å². The summed E-state index contributed by atoms with van der Waals surface area (Å²) in [5.41, 5.74) is 0.693. The van der Waals surface area contributed by atoms with Gasteiger partial charge < -0.3 is 20.5 Å². The van der Waals surface area contributed by atoms with Crippen LogP contribution in [0.15, 0.2) is 48.5 Å². The Morgan fingerprint density at radius 3 is 2.58 bits per heavy atom. The first-order valence-electron chi connectivity index (χ1n) is 10.7. The van der Waals surface area contributed by atoms with Crippen LogP contribution in [-0.4, -0.2) is 53.8 Å². The number of hydrogen-bond donors (Lipinski definition) is 3. The highest BCUT2D eigenvalue weighted by Gasteiger charge is 2.30. The van der Waals surface area contributed by atoms with Gasteiger partial charge >= 0.3 is 0 Å². The average molecular weight is 446 g/mol. The van der Waals surface area contributed by atoms with Crippen LogP contribution >= 0.6 is 11.6 Å². The molecular formula is C24H32ClN3O3. The fourth-order valence-corrected chi connectivity index (χ4v) is 4.04. The SMILES string of the molecule is CC(=O)Nc1ccccc1OC[C@](C)(O)CN(Cc1ccc(Cl)cc1)C1CCNCC1. The molecule has 3 N–H and O–H groups in total. The summed E-state index contributed by atoms with van der Waals surface area (Å²) in [6.45, 7) is 6.54. The molecule has 0 unspecified atom stereocenters. The molecule has 0 spiro atoms. The van der Waals surface area contributed by atoms with Crippen LogP contribution in [-0.2, 0) is 11.3 Å². The van der Waals surface area contributed by atoms with E-state index in [4.69, 9.17) is 16.3 Å². The molecule has 0 radical (unpaired) electrons. The van der Waals surface area contributed by atoms with E-state index in [-0.39, 0.29) is 12.5 Å². The molecule has 1 amide bonds. The third kappa shape index (κ3) is 7.51. The van der Waals surface area contributed by atoms with E-state index in [2.05, 4.69) is 15.5 Å². The number of rotatable bonds is 9. The summed E-state index contributed by atoms with van der Waals surface area (Å²) >= 11 is 6.04. The monoisotopic (exact) mass is 445 g/mol. The van der Waals surface area contributed by atoms with Gasteiger partial charge in [-0.1, -0.05) is 35.9 Å². The Morgan fingerprint density at radius 1 is 1.23 bits per heavy atom. The van der Waals surface area contributed by atoms with Crippen molar-refractivity contribution in [2.45, 2.75) is 44.9 Å². The summed E-state index contributed by atoms with van der Waals surface area (Å²) in [5.74, 6) is 0.381. The second kappa shape index (κ2) is 11.0. The molecule has 1 fully saturated rings. The molecule has 2 aromatic carbocycles. The lowest BCUT2D eigenvalue weighted by Crippen LogP contribution is -2.51. The Kier molecular flexibility index (Phi) is 8.32. The molecule has 0 aromatic heterocycles. The molecule has 0 aliphatic carbocycles. The van der Waals surface area contributed by atoms with E-state index in [1.54, 1.807) is 19.1 Å². The van der Waals surface area contributed by atoms with Crippen molar-refractivity contribution < 1.29 is 14.6 Å². The van der Waals surface area contributed by atoms with E-state index in [0.29, 0.717) is 24.0 Å². The summed E-state index contributed by atoms with van der Waals surface area (Å²) in [6, 6.07) is 15.5. The van der Waals surface area contributed by atoms with E-state index in [0.717, 1.165) is 43.1 Å². The number of piperidine rings is 1. The van der Waals surface area contributed by atoms with Gasteiger partial charge in [-0.3, -0.25) is 9.69 Å². The second-order valence-corrected chi connectivity index (χ2v) is 8.91. The number of ether oxygens (including phenoxy) is 1. The number of nitrogens with zero attached hydrogens (tertiary/aromatic N) is 1. The number of para-hydroxylation sites is 2. The molecule has 31 heavy (non-hydrogen) atoms. The molecular weight excluding hydrogens is 414 g/mol. The fraction of sp³-hybridized carbons (Fsp3) is 0.458. The van der Waals surface area contributed by atoms with Crippen molar-refractivity contribution in [2.75, 3.05) is 31.6 Å². The van der Waals surface area contributed by atoms with Crippen LogP contribution < -0.4 is 15.4 Å². The van der Waals surface area contributed by atoms with E-state index >= 15 is 0 Å². The van der Waals surface area contributed by atoms with Gasteiger partial charge in [-0.25, -0.2) is 0 Å². The number of anilines is 1. The topological polar surface area (TPSA) is 73.8 Å². The minimum atomic E-state index is -1.07. The summed E-state index contributed by atoms with van der Waals surface area (Å²) in [7, 11) is 0. The summed E-state index contributed by atoms with van der Waals surface area (Å²) < 4.78 is 5.94. The lowest BCUT2D eigenvalue weighted by atomic mass is 10.00. The predicted molar refractivity (Wildman–Crippen MR) is 125 cm³/mol. The lowest BCUT2D eigenvalue weighted by Gasteiger charge is -2.39. The number of carbonyl (C=O) groups is 1. The highest BCUT2D eigenvalue weighted by atomic mass is 35.5. The number of nitrogens with one attached hydrogen (secondary N) is 2.